The number of para-hydroxylation sites is 1. The zero-order valence-electron chi connectivity index (χ0n) is 37.3. The minimum absolute atomic E-state index is 0.559. The Bertz CT molecular complexity index is 3640. The largest absolute Gasteiger partial charge is 0.453 e. The highest BCUT2D eigenvalue weighted by atomic mass is 28.3. The third-order valence-electron chi connectivity index (χ3n) is 14.5. The van der Waals surface area contributed by atoms with E-state index < -0.39 is 13.5 Å². The smallest absolute Gasteiger partial charge is 0.179 e. The summed E-state index contributed by atoms with van der Waals surface area (Å²) in [6, 6.07) is 101. The number of anilines is 3. The van der Waals surface area contributed by atoms with Crippen molar-refractivity contribution in [2.75, 3.05) is 4.90 Å². The fourth-order valence-electron chi connectivity index (χ4n) is 11.6. The molecule has 0 bridgehead atoms. The standard InChI is InChI=1S/C65H45NOSi/c1-6-22-47(23-7-1)65(48-24-8-2-9-25-48)60-35-19-18-33-56(60)57-44-40-50(45-61(57)65)66(62-36-20-34-58-59-43-37-46-21-16-17-32-55(46)63(59)67-64(58)62)49-38-41-54(42-39-49)68(51-26-10-3-11-27-51,52-28-12-4-13-29-52)53-30-14-5-15-31-53/h1-45H. The van der Waals surface area contributed by atoms with Crippen LogP contribution >= 0.6 is 0 Å². The number of furan rings is 1. The van der Waals surface area contributed by atoms with Gasteiger partial charge >= 0.3 is 0 Å². The van der Waals surface area contributed by atoms with Gasteiger partial charge in [-0.05, 0) is 95.9 Å². The lowest BCUT2D eigenvalue weighted by Gasteiger charge is -2.35. The summed E-state index contributed by atoms with van der Waals surface area (Å²) in [6.07, 6.45) is 0. The molecule has 1 aromatic heterocycles. The van der Waals surface area contributed by atoms with Gasteiger partial charge in [-0.1, -0.05) is 237 Å². The lowest BCUT2D eigenvalue weighted by atomic mass is 9.67. The van der Waals surface area contributed by atoms with E-state index >= 15 is 0 Å². The van der Waals surface area contributed by atoms with E-state index in [1.807, 2.05) is 0 Å². The van der Waals surface area contributed by atoms with Gasteiger partial charge < -0.3 is 9.32 Å². The highest BCUT2D eigenvalue weighted by molar-refractivity contribution is 7.19. The average molecular weight is 884 g/mol. The van der Waals surface area contributed by atoms with Crippen LogP contribution in [-0.4, -0.2) is 8.07 Å². The van der Waals surface area contributed by atoms with E-state index in [2.05, 4.69) is 278 Å². The summed E-state index contributed by atoms with van der Waals surface area (Å²) < 4.78 is 7.16. The summed E-state index contributed by atoms with van der Waals surface area (Å²) in [5.41, 5.74) is 11.8. The molecule has 13 rings (SSSR count). The van der Waals surface area contributed by atoms with Crippen molar-refractivity contribution >= 4 is 78.6 Å². The zero-order chi connectivity index (χ0) is 45.1. The molecule has 68 heavy (non-hydrogen) atoms. The Morgan fingerprint density at radius 1 is 0.324 bits per heavy atom. The first kappa shape index (κ1) is 39.8. The molecular formula is C65H45NOSi. The van der Waals surface area contributed by atoms with E-state index in [4.69, 9.17) is 4.42 Å². The van der Waals surface area contributed by atoms with Gasteiger partial charge in [0.25, 0.3) is 0 Å². The number of nitrogens with zero attached hydrogens (tertiary/aromatic N) is 1. The van der Waals surface area contributed by atoms with Gasteiger partial charge in [0.1, 0.15) is 5.58 Å². The maximum absolute atomic E-state index is 7.16. The zero-order valence-corrected chi connectivity index (χ0v) is 38.3. The van der Waals surface area contributed by atoms with Crippen LogP contribution in [0.3, 0.4) is 0 Å². The molecule has 0 unspecified atom stereocenters. The maximum Gasteiger partial charge on any atom is 0.179 e. The van der Waals surface area contributed by atoms with Crippen LogP contribution in [0.25, 0.3) is 43.8 Å². The van der Waals surface area contributed by atoms with Crippen LogP contribution < -0.4 is 25.6 Å². The first-order valence-corrected chi connectivity index (χ1v) is 25.5. The number of hydrogen-bond donors (Lipinski definition) is 0. The van der Waals surface area contributed by atoms with E-state index in [1.165, 1.54) is 54.1 Å². The van der Waals surface area contributed by atoms with Crippen molar-refractivity contribution in [3.63, 3.8) is 0 Å². The second-order valence-electron chi connectivity index (χ2n) is 17.9. The fourth-order valence-corrected chi connectivity index (χ4v) is 16.4. The number of fused-ring (bicyclic) bond motifs is 8. The average Bonchev–Trinajstić information content (AvgIpc) is 3.96. The molecule has 3 heteroatoms. The number of benzene rings is 11. The van der Waals surface area contributed by atoms with Crippen molar-refractivity contribution in [3.05, 3.63) is 295 Å². The van der Waals surface area contributed by atoms with Crippen molar-refractivity contribution in [1.29, 1.82) is 0 Å². The van der Waals surface area contributed by atoms with Crippen molar-refractivity contribution in [1.82, 2.24) is 0 Å². The molecule has 0 radical (unpaired) electrons. The Morgan fingerprint density at radius 3 is 1.44 bits per heavy atom. The highest BCUT2D eigenvalue weighted by Crippen LogP contribution is 2.57. The summed E-state index contributed by atoms with van der Waals surface area (Å²) >= 11 is 0. The van der Waals surface area contributed by atoms with Crippen LogP contribution in [0.5, 0.6) is 0 Å². The van der Waals surface area contributed by atoms with E-state index in [1.54, 1.807) is 0 Å². The first-order valence-electron chi connectivity index (χ1n) is 23.5. The molecule has 0 amide bonds. The van der Waals surface area contributed by atoms with Crippen LogP contribution in [0.15, 0.2) is 277 Å². The van der Waals surface area contributed by atoms with E-state index in [-0.39, 0.29) is 0 Å². The Labute approximate surface area is 397 Å². The van der Waals surface area contributed by atoms with Gasteiger partial charge in [0, 0.05) is 27.5 Å². The summed E-state index contributed by atoms with van der Waals surface area (Å²) in [6.45, 7) is 0. The molecule has 11 aromatic carbocycles. The molecule has 2 nitrogen and oxygen atoms in total. The summed E-state index contributed by atoms with van der Waals surface area (Å²) in [7, 11) is -2.79. The molecule has 0 saturated carbocycles. The predicted octanol–water partition coefficient (Wildman–Crippen LogP) is 13.9. The first-order chi connectivity index (χ1) is 33.7. The summed E-state index contributed by atoms with van der Waals surface area (Å²) in [4.78, 5) is 2.43. The lowest BCUT2D eigenvalue weighted by Crippen LogP contribution is -2.74. The van der Waals surface area contributed by atoms with E-state index in [0.29, 0.717) is 0 Å². The molecule has 0 saturated heterocycles. The molecule has 1 aliphatic carbocycles. The fraction of sp³-hybridized carbons (Fsp3) is 0.0154. The molecule has 0 aliphatic heterocycles. The van der Waals surface area contributed by atoms with Crippen LogP contribution in [0.4, 0.5) is 17.1 Å². The molecule has 12 aromatic rings. The molecule has 1 aliphatic rings. The minimum Gasteiger partial charge on any atom is -0.453 e. The molecule has 0 atom stereocenters. The van der Waals surface area contributed by atoms with Crippen molar-refractivity contribution in [2.45, 2.75) is 5.41 Å². The highest BCUT2D eigenvalue weighted by Gasteiger charge is 2.46. The van der Waals surface area contributed by atoms with Crippen LogP contribution in [0.2, 0.25) is 0 Å². The van der Waals surface area contributed by atoms with Gasteiger partial charge in [0.05, 0.1) is 11.1 Å². The third-order valence-corrected chi connectivity index (χ3v) is 19.3. The SMILES string of the molecule is c1ccc(C2(c3ccccc3)c3ccccc3-c3ccc(N(c4ccc([Si](c5ccccc5)(c5ccccc5)c5ccccc5)cc4)c4cccc5c4oc4c6ccccc6ccc54)cc32)cc1. The second kappa shape index (κ2) is 16.1. The lowest BCUT2D eigenvalue weighted by molar-refractivity contribution is 0.673. The maximum atomic E-state index is 7.16. The second-order valence-corrected chi connectivity index (χ2v) is 21.7. The monoisotopic (exact) mass is 883 g/mol. The van der Waals surface area contributed by atoms with Gasteiger partial charge in [-0.25, -0.2) is 0 Å². The number of hydrogen-bond acceptors (Lipinski definition) is 2. The van der Waals surface area contributed by atoms with E-state index in [0.717, 1.165) is 49.8 Å². The van der Waals surface area contributed by atoms with Crippen molar-refractivity contribution in [2.24, 2.45) is 0 Å². The Balaban J connectivity index is 1.08. The third kappa shape index (κ3) is 5.96. The molecule has 0 N–H and O–H groups in total. The molecule has 0 spiro atoms. The molecule has 0 fully saturated rings. The van der Waals surface area contributed by atoms with Crippen LogP contribution in [-0.2, 0) is 5.41 Å². The van der Waals surface area contributed by atoms with Crippen LogP contribution in [0, 0.1) is 0 Å². The van der Waals surface area contributed by atoms with Crippen molar-refractivity contribution in [3.8, 4) is 11.1 Å². The molecule has 320 valence electrons. The van der Waals surface area contributed by atoms with Gasteiger partial charge in [-0.15, -0.1) is 0 Å². The minimum atomic E-state index is -2.79. The summed E-state index contributed by atoms with van der Waals surface area (Å²) in [5.74, 6) is 0. The van der Waals surface area contributed by atoms with Gasteiger partial charge in [-0.3, -0.25) is 0 Å². The molecule has 1 heterocycles. The Morgan fingerprint density at radius 2 is 0.809 bits per heavy atom. The topological polar surface area (TPSA) is 16.4 Å². The molecular weight excluding hydrogens is 839 g/mol. The summed E-state index contributed by atoms with van der Waals surface area (Å²) in [5, 5.41) is 9.81. The Kier molecular flexibility index (Phi) is 9.45. The predicted molar refractivity (Wildman–Crippen MR) is 287 cm³/mol. The Hall–Kier alpha value is -8.50. The van der Waals surface area contributed by atoms with Crippen molar-refractivity contribution < 1.29 is 4.42 Å². The quantitative estimate of drug-likeness (QED) is 0.106. The van der Waals surface area contributed by atoms with Gasteiger partial charge in [-0.2, -0.15) is 0 Å². The van der Waals surface area contributed by atoms with Gasteiger partial charge in [0.2, 0.25) is 0 Å². The van der Waals surface area contributed by atoms with Gasteiger partial charge in [0.15, 0.2) is 13.7 Å². The number of rotatable bonds is 9. The van der Waals surface area contributed by atoms with Crippen LogP contribution in [0.1, 0.15) is 22.3 Å². The normalized spacial score (nSPS) is 12.8. The van der Waals surface area contributed by atoms with E-state index in [9.17, 15) is 0 Å².